The summed E-state index contributed by atoms with van der Waals surface area (Å²) in [5.74, 6) is 0.755. The summed E-state index contributed by atoms with van der Waals surface area (Å²) in [6.45, 7) is 2.56. The molecule has 0 spiro atoms. The van der Waals surface area contributed by atoms with Crippen LogP contribution in [0, 0.1) is 11.8 Å². The largest absolute Gasteiger partial charge is 0.478 e. The normalized spacial score (nSPS) is 16.7. The van der Waals surface area contributed by atoms with Gasteiger partial charge < -0.3 is 16.6 Å². The molecule has 0 radical (unpaired) electrons. The maximum absolute atomic E-state index is 11.1. The fraction of sp³-hybridized carbons (Fsp3) is 0.826. The number of aliphatic carboxylic acids is 1. The minimum atomic E-state index is -0.920. The van der Waals surface area contributed by atoms with Crippen LogP contribution in [0.1, 0.15) is 103 Å². The van der Waals surface area contributed by atoms with E-state index in [0.29, 0.717) is 6.54 Å². The van der Waals surface area contributed by atoms with E-state index in [4.69, 9.17) is 16.6 Å². The lowest BCUT2D eigenvalue weighted by molar-refractivity contribution is -0.131. The highest BCUT2D eigenvalue weighted by molar-refractivity contribution is 5.81. The number of nitrogens with zero attached hydrogens (tertiary/aromatic N) is 1. The monoisotopic (exact) mass is 393 g/mol. The predicted octanol–water partition coefficient (Wildman–Crippen LogP) is 5.39. The molecule has 0 aliphatic heterocycles. The fourth-order valence-electron chi connectivity index (χ4n) is 4.56. The number of carboxylic acids is 1. The summed E-state index contributed by atoms with van der Waals surface area (Å²) in [7, 11) is 0. The topological polar surface area (TPSA) is 102 Å². The SMILES string of the molecule is CCCCCCCCC(CCCC(=CC(=O)O)CN=C(N)N)C1CCCCC1. The highest BCUT2D eigenvalue weighted by atomic mass is 16.4. The Morgan fingerprint density at radius 3 is 2.32 bits per heavy atom. The Bertz CT molecular complexity index is 478. The summed E-state index contributed by atoms with van der Waals surface area (Å²) in [5.41, 5.74) is 11.6. The first-order valence-corrected chi connectivity index (χ1v) is 11.5. The maximum atomic E-state index is 11.1. The van der Waals surface area contributed by atoms with E-state index in [1.54, 1.807) is 0 Å². The van der Waals surface area contributed by atoms with Gasteiger partial charge in [0, 0.05) is 6.08 Å². The predicted molar refractivity (Wildman–Crippen MR) is 118 cm³/mol. The molecule has 5 N–H and O–H groups in total. The Kier molecular flexibility index (Phi) is 13.5. The van der Waals surface area contributed by atoms with Crippen LogP contribution in [0.4, 0.5) is 0 Å². The van der Waals surface area contributed by atoms with E-state index in [1.165, 1.54) is 89.5 Å². The summed E-state index contributed by atoms with van der Waals surface area (Å²) < 4.78 is 0. The molecule has 1 unspecified atom stereocenters. The molecular weight excluding hydrogens is 350 g/mol. The van der Waals surface area contributed by atoms with Gasteiger partial charge in [-0.3, -0.25) is 0 Å². The van der Waals surface area contributed by atoms with Crippen LogP contribution in [-0.2, 0) is 4.79 Å². The Balaban J connectivity index is 2.49. The van der Waals surface area contributed by atoms with Crippen LogP contribution < -0.4 is 11.5 Å². The molecule has 0 aromatic heterocycles. The first-order chi connectivity index (χ1) is 13.5. The van der Waals surface area contributed by atoms with Crippen LogP contribution in [0.5, 0.6) is 0 Å². The summed E-state index contributed by atoms with van der Waals surface area (Å²) in [6.07, 6.45) is 20.6. The van der Waals surface area contributed by atoms with Crippen molar-refractivity contribution in [1.82, 2.24) is 0 Å². The average molecular weight is 394 g/mol. The number of nitrogens with two attached hydrogens (primary N) is 2. The zero-order valence-corrected chi connectivity index (χ0v) is 18.0. The van der Waals surface area contributed by atoms with Crippen LogP contribution in [0.3, 0.4) is 0 Å². The molecule has 0 aromatic carbocycles. The van der Waals surface area contributed by atoms with Gasteiger partial charge in [0.05, 0.1) is 6.54 Å². The van der Waals surface area contributed by atoms with E-state index >= 15 is 0 Å². The van der Waals surface area contributed by atoms with E-state index in [0.717, 1.165) is 30.3 Å². The van der Waals surface area contributed by atoms with E-state index in [1.807, 2.05) is 0 Å². The molecule has 28 heavy (non-hydrogen) atoms. The molecule has 0 bridgehead atoms. The van der Waals surface area contributed by atoms with Crippen LogP contribution in [0.15, 0.2) is 16.6 Å². The number of hydrogen-bond donors (Lipinski definition) is 3. The van der Waals surface area contributed by atoms with Gasteiger partial charge in [-0.1, -0.05) is 84.0 Å². The maximum Gasteiger partial charge on any atom is 0.328 e. The molecule has 0 saturated heterocycles. The Hall–Kier alpha value is -1.52. The molecule has 5 heteroatoms. The molecule has 5 nitrogen and oxygen atoms in total. The van der Waals surface area contributed by atoms with E-state index < -0.39 is 5.97 Å². The molecule has 1 saturated carbocycles. The Morgan fingerprint density at radius 1 is 1.04 bits per heavy atom. The third-order valence-corrected chi connectivity index (χ3v) is 6.11. The Labute approximate surface area is 172 Å². The zero-order valence-electron chi connectivity index (χ0n) is 18.0. The fourth-order valence-corrected chi connectivity index (χ4v) is 4.56. The van der Waals surface area contributed by atoms with Gasteiger partial charge in [0.15, 0.2) is 5.96 Å². The van der Waals surface area contributed by atoms with Crippen molar-refractivity contribution in [3.8, 4) is 0 Å². The Morgan fingerprint density at radius 2 is 1.68 bits per heavy atom. The van der Waals surface area contributed by atoms with Crippen LogP contribution in [0.25, 0.3) is 0 Å². The minimum absolute atomic E-state index is 0.0134. The molecule has 1 aliphatic carbocycles. The second kappa shape index (κ2) is 15.4. The molecule has 1 atom stereocenters. The van der Waals surface area contributed by atoms with Gasteiger partial charge in [0.1, 0.15) is 0 Å². The molecule has 162 valence electrons. The number of guanidine groups is 1. The third kappa shape index (κ3) is 12.0. The van der Waals surface area contributed by atoms with Gasteiger partial charge in [-0.15, -0.1) is 0 Å². The van der Waals surface area contributed by atoms with E-state index in [9.17, 15) is 4.79 Å². The van der Waals surface area contributed by atoms with Crippen molar-refractivity contribution >= 4 is 11.9 Å². The van der Waals surface area contributed by atoms with Gasteiger partial charge in [-0.2, -0.15) is 0 Å². The van der Waals surface area contributed by atoms with Crippen molar-refractivity contribution in [2.75, 3.05) is 6.54 Å². The molecule has 1 fully saturated rings. The molecule has 1 aliphatic rings. The lowest BCUT2D eigenvalue weighted by Gasteiger charge is -2.30. The van der Waals surface area contributed by atoms with Gasteiger partial charge >= 0.3 is 5.97 Å². The summed E-state index contributed by atoms with van der Waals surface area (Å²) >= 11 is 0. The van der Waals surface area contributed by atoms with Gasteiger partial charge in [-0.05, 0) is 36.7 Å². The lowest BCUT2D eigenvalue weighted by Crippen LogP contribution is -2.23. The molecular formula is C23H43N3O2. The first-order valence-electron chi connectivity index (χ1n) is 11.5. The second-order valence-corrected chi connectivity index (χ2v) is 8.49. The summed E-state index contributed by atoms with van der Waals surface area (Å²) in [4.78, 5) is 15.1. The lowest BCUT2D eigenvalue weighted by atomic mass is 9.75. The van der Waals surface area contributed by atoms with Gasteiger partial charge in [0.25, 0.3) is 0 Å². The summed E-state index contributed by atoms with van der Waals surface area (Å²) in [5, 5.41) is 9.08. The average Bonchev–Trinajstić information content (AvgIpc) is 2.67. The number of aliphatic imine (C=N–C) groups is 1. The quantitative estimate of drug-likeness (QED) is 0.150. The minimum Gasteiger partial charge on any atom is -0.478 e. The molecule has 0 heterocycles. The van der Waals surface area contributed by atoms with Crippen molar-refractivity contribution in [3.63, 3.8) is 0 Å². The van der Waals surface area contributed by atoms with E-state index in [2.05, 4.69) is 11.9 Å². The zero-order chi connectivity index (χ0) is 20.6. The summed E-state index contributed by atoms with van der Waals surface area (Å²) in [6, 6.07) is 0. The first kappa shape index (κ1) is 24.5. The molecule has 1 rings (SSSR count). The van der Waals surface area contributed by atoms with Crippen molar-refractivity contribution in [2.24, 2.45) is 28.3 Å². The van der Waals surface area contributed by atoms with Crippen molar-refractivity contribution in [2.45, 2.75) is 103 Å². The highest BCUT2D eigenvalue weighted by Gasteiger charge is 2.23. The number of carboxylic acid groups (broad SMARTS) is 1. The second-order valence-electron chi connectivity index (χ2n) is 8.49. The number of carbonyl (C=O) groups is 1. The van der Waals surface area contributed by atoms with Crippen molar-refractivity contribution in [1.29, 1.82) is 0 Å². The number of rotatable bonds is 15. The van der Waals surface area contributed by atoms with Crippen LogP contribution in [0.2, 0.25) is 0 Å². The van der Waals surface area contributed by atoms with Gasteiger partial charge in [0.2, 0.25) is 0 Å². The van der Waals surface area contributed by atoms with Crippen molar-refractivity contribution < 1.29 is 9.90 Å². The standard InChI is InChI=1S/C23H43N3O2/c1-2-3-4-5-6-8-13-21(20-14-9-7-10-15-20)16-11-12-19(17-22(27)28)18-26-23(24)25/h17,20-21H,2-16,18H2,1H3,(H,27,28)(H4,24,25,26). The number of hydrogen-bond acceptors (Lipinski definition) is 2. The van der Waals surface area contributed by atoms with E-state index in [-0.39, 0.29) is 5.96 Å². The smallest absolute Gasteiger partial charge is 0.328 e. The highest BCUT2D eigenvalue weighted by Crippen LogP contribution is 2.36. The van der Waals surface area contributed by atoms with Gasteiger partial charge in [-0.25, -0.2) is 9.79 Å². The van der Waals surface area contributed by atoms with Crippen LogP contribution >= 0.6 is 0 Å². The number of unbranched alkanes of at least 4 members (excludes halogenated alkanes) is 5. The van der Waals surface area contributed by atoms with Crippen LogP contribution in [-0.4, -0.2) is 23.6 Å². The van der Waals surface area contributed by atoms with Crippen molar-refractivity contribution in [3.05, 3.63) is 11.6 Å². The molecule has 0 aromatic rings. The molecule has 0 amide bonds. The third-order valence-electron chi connectivity index (χ3n) is 6.11.